The van der Waals surface area contributed by atoms with E-state index in [1.54, 1.807) is 0 Å². The second kappa shape index (κ2) is 6.93. The molecule has 13 heavy (non-hydrogen) atoms. The first kappa shape index (κ1) is 12.5. The molecule has 0 aliphatic heterocycles. The number of rotatable bonds is 5. The Kier molecular flexibility index (Phi) is 6.64. The van der Waals surface area contributed by atoms with Gasteiger partial charge < -0.3 is 10.0 Å². The van der Waals surface area contributed by atoms with Crippen molar-refractivity contribution in [3.8, 4) is 0 Å². The molecule has 0 aliphatic rings. The average Bonchev–Trinajstić information content (AvgIpc) is 2.00. The first-order valence-electron chi connectivity index (χ1n) is 4.67. The quantitative estimate of drug-likeness (QED) is 0.505. The Morgan fingerprint density at radius 2 is 1.77 bits per heavy atom. The fourth-order valence-electron chi connectivity index (χ4n) is 0.997. The maximum Gasteiger partial charge on any atom is 0.455 e. The molecule has 0 aromatic heterocycles. The van der Waals surface area contributed by atoms with Gasteiger partial charge in [0.15, 0.2) is 0 Å². The van der Waals surface area contributed by atoms with E-state index in [-0.39, 0.29) is 0 Å². The summed E-state index contributed by atoms with van der Waals surface area (Å²) in [5.74, 6) is 0. The van der Waals surface area contributed by atoms with Crippen molar-refractivity contribution in [1.29, 1.82) is 0 Å². The van der Waals surface area contributed by atoms with E-state index in [2.05, 4.69) is 19.9 Å². The van der Waals surface area contributed by atoms with Crippen LogP contribution in [-0.4, -0.2) is 17.2 Å². The lowest BCUT2D eigenvalue weighted by molar-refractivity contribution is 0.411. The number of hydrogen-bond acceptors (Lipinski definition) is 2. The second-order valence-corrected chi connectivity index (χ2v) is 3.59. The number of allylic oxidation sites excluding steroid dienone is 4. The van der Waals surface area contributed by atoms with Crippen LogP contribution in [0.5, 0.6) is 0 Å². The van der Waals surface area contributed by atoms with Crippen LogP contribution in [0.15, 0.2) is 23.3 Å². The third kappa shape index (κ3) is 9.38. The summed E-state index contributed by atoms with van der Waals surface area (Å²) in [5.41, 5.74) is 2.54. The van der Waals surface area contributed by atoms with Crippen molar-refractivity contribution >= 4 is 7.12 Å². The van der Waals surface area contributed by atoms with Crippen molar-refractivity contribution in [2.24, 2.45) is 0 Å². The number of hydrogen-bond donors (Lipinski definition) is 2. The van der Waals surface area contributed by atoms with Gasteiger partial charge in [-0.1, -0.05) is 23.3 Å². The largest absolute Gasteiger partial charge is 0.455 e. The van der Waals surface area contributed by atoms with Crippen molar-refractivity contribution in [2.45, 2.75) is 39.9 Å². The first-order chi connectivity index (χ1) is 6.02. The van der Waals surface area contributed by atoms with Crippen molar-refractivity contribution in [1.82, 2.24) is 0 Å². The van der Waals surface area contributed by atoms with Gasteiger partial charge in [0.25, 0.3) is 0 Å². The Bertz CT molecular complexity index is 191. The van der Waals surface area contributed by atoms with Gasteiger partial charge in [0.1, 0.15) is 0 Å². The molecule has 0 rings (SSSR count). The van der Waals surface area contributed by atoms with Crippen molar-refractivity contribution in [3.63, 3.8) is 0 Å². The summed E-state index contributed by atoms with van der Waals surface area (Å²) in [6.45, 7) is 6.17. The molecule has 3 heteroatoms. The molecule has 2 nitrogen and oxygen atoms in total. The van der Waals surface area contributed by atoms with Crippen LogP contribution in [0.2, 0.25) is 6.32 Å². The lowest BCUT2D eigenvalue weighted by atomic mass is 9.85. The lowest BCUT2D eigenvalue weighted by Crippen LogP contribution is -2.08. The highest BCUT2D eigenvalue weighted by molar-refractivity contribution is 6.41. The molecule has 0 heterocycles. The highest BCUT2D eigenvalue weighted by Gasteiger charge is 2.02. The van der Waals surface area contributed by atoms with Crippen LogP contribution in [0, 0.1) is 0 Å². The Morgan fingerprint density at radius 1 is 1.15 bits per heavy atom. The minimum Gasteiger partial charge on any atom is -0.427 e. The zero-order chi connectivity index (χ0) is 10.3. The smallest absolute Gasteiger partial charge is 0.427 e. The molecule has 74 valence electrons. The molecule has 0 spiro atoms. The van der Waals surface area contributed by atoms with Gasteiger partial charge in [0.05, 0.1) is 0 Å². The molecule has 0 saturated heterocycles. The predicted molar refractivity (Wildman–Crippen MR) is 57.4 cm³/mol. The van der Waals surface area contributed by atoms with E-state index in [9.17, 15) is 0 Å². The maximum atomic E-state index is 8.61. The van der Waals surface area contributed by atoms with Crippen LogP contribution in [0.3, 0.4) is 0 Å². The van der Waals surface area contributed by atoms with E-state index < -0.39 is 7.12 Å². The van der Waals surface area contributed by atoms with E-state index in [1.807, 2.05) is 13.0 Å². The van der Waals surface area contributed by atoms with Crippen LogP contribution in [-0.2, 0) is 0 Å². The Balaban J connectivity index is 3.67. The third-order valence-electron chi connectivity index (χ3n) is 1.77. The summed E-state index contributed by atoms with van der Waals surface area (Å²) >= 11 is 0. The minimum atomic E-state index is -1.21. The van der Waals surface area contributed by atoms with Gasteiger partial charge >= 0.3 is 7.12 Å². The standard InChI is InChI=1S/C10H19BO2/c1-9(2)5-4-6-10(3)7-8-11(12)13/h5,7,12-13H,4,6,8H2,1-3H3/b10-7+. The van der Waals surface area contributed by atoms with Gasteiger partial charge in [-0.25, -0.2) is 0 Å². The van der Waals surface area contributed by atoms with Gasteiger partial charge in [-0.3, -0.25) is 0 Å². The summed E-state index contributed by atoms with van der Waals surface area (Å²) in [6, 6.07) is 0. The van der Waals surface area contributed by atoms with E-state index in [0.29, 0.717) is 6.32 Å². The topological polar surface area (TPSA) is 40.5 Å². The summed E-state index contributed by atoms with van der Waals surface area (Å²) in [5, 5.41) is 17.2. The van der Waals surface area contributed by atoms with Gasteiger partial charge in [0, 0.05) is 6.32 Å². The predicted octanol–water partition coefficient (Wildman–Crippen LogP) is 2.15. The second-order valence-electron chi connectivity index (χ2n) is 3.59. The summed E-state index contributed by atoms with van der Waals surface area (Å²) in [6.07, 6.45) is 6.43. The molecule has 0 unspecified atom stereocenters. The minimum absolute atomic E-state index is 0.334. The molecule has 0 bridgehead atoms. The molecule has 0 aliphatic carbocycles. The van der Waals surface area contributed by atoms with E-state index in [1.165, 1.54) is 11.1 Å². The molecule has 0 amide bonds. The first-order valence-corrected chi connectivity index (χ1v) is 4.67. The Hall–Kier alpha value is -0.535. The van der Waals surface area contributed by atoms with Crippen molar-refractivity contribution < 1.29 is 10.0 Å². The molecule has 0 aromatic rings. The third-order valence-corrected chi connectivity index (χ3v) is 1.77. The van der Waals surface area contributed by atoms with Crippen molar-refractivity contribution in [2.75, 3.05) is 0 Å². The zero-order valence-corrected chi connectivity index (χ0v) is 8.75. The van der Waals surface area contributed by atoms with Gasteiger partial charge in [-0.2, -0.15) is 0 Å². The molecular formula is C10H19BO2. The van der Waals surface area contributed by atoms with Gasteiger partial charge in [-0.05, 0) is 33.6 Å². The summed E-state index contributed by atoms with van der Waals surface area (Å²) in [4.78, 5) is 0. The fourth-order valence-corrected chi connectivity index (χ4v) is 0.997. The average molecular weight is 182 g/mol. The zero-order valence-electron chi connectivity index (χ0n) is 8.75. The van der Waals surface area contributed by atoms with Gasteiger partial charge in [0.2, 0.25) is 0 Å². The van der Waals surface area contributed by atoms with E-state index in [4.69, 9.17) is 10.0 Å². The maximum absolute atomic E-state index is 8.61. The fraction of sp³-hybridized carbons (Fsp3) is 0.600. The monoisotopic (exact) mass is 182 g/mol. The molecular weight excluding hydrogens is 163 g/mol. The Labute approximate surface area is 81.1 Å². The normalized spacial score (nSPS) is 11.3. The van der Waals surface area contributed by atoms with Gasteiger partial charge in [-0.15, -0.1) is 0 Å². The molecule has 0 saturated carbocycles. The Morgan fingerprint density at radius 3 is 2.23 bits per heavy atom. The SMILES string of the molecule is CC(C)=CCC/C(C)=C/CB(O)O. The summed E-state index contributed by atoms with van der Waals surface area (Å²) in [7, 11) is -1.21. The molecule has 0 radical (unpaired) electrons. The molecule has 0 aromatic carbocycles. The van der Waals surface area contributed by atoms with E-state index >= 15 is 0 Å². The van der Waals surface area contributed by atoms with Crippen LogP contribution in [0.25, 0.3) is 0 Å². The highest BCUT2D eigenvalue weighted by Crippen LogP contribution is 2.07. The molecule has 2 N–H and O–H groups in total. The lowest BCUT2D eigenvalue weighted by Gasteiger charge is -1.98. The highest BCUT2D eigenvalue weighted by atomic mass is 16.4. The van der Waals surface area contributed by atoms with Crippen LogP contribution >= 0.6 is 0 Å². The molecule has 0 fully saturated rings. The summed E-state index contributed by atoms with van der Waals surface area (Å²) < 4.78 is 0. The van der Waals surface area contributed by atoms with Crippen molar-refractivity contribution in [3.05, 3.63) is 23.3 Å². The van der Waals surface area contributed by atoms with Crippen LogP contribution in [0.1, 0.15) is 33.6 Å². The van der Waals surface area contributed by atoms with E-state index in [0.717, 1.165) is 12.8 Å². The van der Waals surface area contributed by atoms with Crippen LogP contribution < -0.4 is 0 Å². The van der Waals surface area contributed by atoms with Crippen LogP contribution in [0.4, 0.5) is 0 Å². The molecule has 0 atom stereocenters.